The lowest BCUT2D eigenvalue weighted by Gasteiger charge is -2.31. The molecule has 0 unspecified atom stereocenters. The topological polar surface area (TPSA) is 118 Å². The van der Waals surface area contributed by atoms with Gasteiger partial charge in [0.05, 0.1) is 6.04 Å². The van der Waals surface area contributed by atoms with Gasteiger partial charge in [0.15, 0.2) is 11.6 Å². The first-order valence-corrected chi connectivity index (χ1v) is 10.0. The summed E-state index contributed by atoms with van der Waals surface area (Å²) in [5.74, 6) is 2.53. The predicted octanol–water partition coefficient (Wildman–Crippen LogP) is 2.51. The van der Waals surface area contributed by atoms with Crippen molar-refractivity contribution in [1.82, 2.24) is 40.3 Å². The van der Waals surface area contributed by atoms with E-state index in [1.165, 1.54) is 0 Å². The largest absolute Gasteiger partial charge is 0.324 e. The molecule has 1 aliphatic carbocycles. The van der Waals surface area contributed by atoms with Gasteiger partial charge in [0.25, 0.3) is 0 Å². The van der Waals surface area contributed by atoms with Crippen LogP contribution < -0.4 is 5.32 Å². The van der Waals surface area contributed by atoms with Crippen LogP contribution in [0, 0.1) is 6.92 Å². The molecule has 3 heterocycles. The SMILES string of the molecule is Cc1nc([C@H]2CCCN(C(=O)Nc3ccc(-c4nnnn4C4CC4)cc3)C2)n[nH]1. The summed E-state index contributed by atoms with van der Waals surface area (Å²) in [7, 11) is 0. The number of rotatable bonds is 4. The number of aromatic amines is 1. The maximum Gasteiger partial charge on any atom is 0.321 e. The Balaban J connectivity index is 1.24. The molecular formula is C19H23N9O. The summed E-state index contributed by atoms with van der Waals surface area (Å²) in [4.78, 5) is 19.0. The number of tetrazole rings is 1. The van der Waals surface area contributed by atoms with Crippen molar-refractivity contribution in [1.29, 1.82) is 0 Å². The number of aromatic nitrogens is 7. The number of hydrogen-bond acceptors (Lipinski definition) is 6. The minimum Gasteiger partial charge on any atom is -0.324 e. The first-order valence-electron chi connectivity index (χ1n) is 10.0. The predicted molar refractivity (Wildman–Crippen MR) is 105 cm³/mol. The number of nitrogens with one attached hydrogen (secondary N) is 2. The number of hydrogen-bond donors (Lipinski definition) is 2. The van der Waals surface area contributed by atoms with Crippen molar-refractivity contribution in [3.63, 3.8) is 0 Å². The molecule has 2 amide bonds. The molecule has 0 radical (unpaired) electrons. The van der Waals surface area contributed by atoms with E-state index in [1.807, 2.05) is 40.8 Å². The number of aryl methyl sites for hydroxylation is 1. The van der Waals surface area contributed by atoms with Crippen molar-refractivity contribution in [2.45, 2.75) is 44.6 Å². The molecule has 10 nitrogen and oxygen atoms in total. The lowest BCUT2D eigenvalue weighted by atomic mass is 9.98. The summed E-state index contributed by atoms with van der Waals surface area (Å²) in [6.07, 6.45) is 4.17. The van der Waals surface area contributed by atoms with Gasteiger partial charge in [-0.05, 0) is 67.3 Å². The molecule has 2 aliphatic rings. The average Bonchev–Trinajstić information content (AvgIpc) is 3.30. The van der Waals surface area contributed by atoms with Crippen molar-refractivity contribution >= 4 is 11.7 Å². The molecule has 2 aromatic heterocycles. The molecule has 0 bridgehead atoms. The Bertz CT molecular complexity index is 1000. The average molecular weight is 393 g/mol. The van der Waals surface area contributed by atoms with Crippen molar-refractivity contribution < 1.29 is 4.79 Å². The summed E-state index contributed by atoms with van der Waals surface area (Å²) in [5, 5.41) is 22.2. The molecule has 0 spiro atoms. The maximum absolute atomic E-state index is 12.7. The van der Waals surface area contributed by atoms with E-state index in [4.69, 9.17) is 0 Å². The molecule has 3 aromatic rings. The summed E-state index contributed by atoms with van der Waals surface area (Å²) in [5.41, 5.74) is 1.69. The van der Waals surface area contributed by atoms with E-state index in [-0.39, 0.29) is 11.9 Å². The number of urea groups is 1. The Morgan fingerprint density at radius 3 is 2.76 bits per heavy atom. The van der Waals surface area contributed by atoms with Crippen LogP contribution >= 0.6 is 0 Å². The third-order valence-corrected chi connectivity index (χ3v) is 5.47. The van der Waals surface area contributed by atoms with E-state index in [0.717, 1.165) is 61.0 Å². The highest BCUT2D eigenvalue weighted by Gasteiger charge is 2.29. The zero-order chi connectivity index (χ0) is 19.8. The Kier molecular flexibility index (Phi) is 4.45. The molecule has 1 saturated heterocycles. The molecule has 2 N–H and O–H groups in total. The van der Waals surface area contributed by atoms with E-state index >= 15 is 0 Å². The molecule has 2 fully saturated rings. The highest BCUT2D eigenvalue weighted by atomic mass is 16.2. The Morgan fingerprint density at radius 2 is 2.03 bits per heavy atom. The third-order valence-electron chi connectivity index (χ3n) is 5.47. The van der Waals surface area contributed by atoms with Gasteiger partial charge in [-0.2, -0.15) is 5.10 Å². The highest BCUT2D eigenvalue weighted by molar-refractivity contribution is 5.89. The van der Waals surface area contributed by atoms with Crippen LogP contribution in [0.15, 0.2) is 24.3 Å². The van der Waals surface area contributed by atoms with Crippen molar-refractivity contribution in [2.75, 3.05) is 18.4 Å². The van der Waals surface area contributed by atoms with Gasteiger partial charge in [-0.25, -0.2) is 14.5 Å². The van der Waals surface area contributed by atoms with Gasteiger partial charge in [0.2, 0.25) is 0 Å². The van der Waals surface area contributed by atoms with Crippen LogP contribution in [-0.2, 0) is 0 Å². The highest BCUT2D eigenvalue weighted by Crippen LogP contribution is 2.36. The van der Waals surface area contributed by atoms with E-state index in [0.29, 0.717) is 12.6 Å². The molecule has 1 saturated carbocycles. The van der Waals surface area contributed by atoms with Crippen LogP contribution in [0.25, 0.3) is 11.4 Å². The lowest BCUT2D eigenvalue weighted by molar-refractivity contribution is 0.191. The number of piperidine rings is 1. The van der Waals surface area contributed by atoms with Gasteiger partial charge in [-0.15, -0.1) is 5.10 Å². The van der Waals surface area contributed by atoms with Crippen molar-refractivity contribution in [3.05, 3.63) is 35.9 Å². The second kappa shape index (κ2) is 7.26. The van der Waals surface area contributed by atoms with Crippen LogP contribution in [0.3, 0.4) is 0 Å². The number of likely N-dealkylation sites (tertiary alicyclic amines) is 1. The van der Waals surface area contributed by atoms with Crippen LogP contribution in [0.5, 0.6) is 0 Å². The minimum atomic E-state index is -0.0995. The monoisotopic (exact) mass is 393 g/mol. The Labute approximate surface area is 167 Å². The Hall–Kier alpha value is -3.30. The fourth-order valence-corrected chi connectivity index (χ4v) is 3.77. The second-order valence-corrected chi connectivity index (χ2v) is 7.75. The van der Waals surface area contributed by atoms with Gasteiger partial charge in [-0.1, -0.05) is 0 Å². The van der Waals surface area contributed by atoms with Crippen molar-refractivity contribution in [2.24, 2.45) is 0 Å². The number of benzene rings is 1. The summed E-state index contributed by atoms with van der Waals surface area (Å²) >= 11 is 0. The molecule has 1 aliphatic heterocycles. The number of amides is 2. The number of H-pyrrole nitrogens is 1. The fourth-order valence-electron chi connectivity index (χ4n) is 3.77. The molecule has 5 rings (SSSR count). The number of carbonyl (C=O) groups excluding carboxylic acids is 1. The van der Waals surface area contributed by atoms with Gasteiger partial charge in [0.1, 0.15) is 5.82 Å². The number of carbonyl (C=O) groups is 1. The van der Waals surface area contributed by atoms with Crippen LogP contribution in [0.2, 0.25) is 0 Å². The lowest BCUT2D eigenvalue weighted by Crippen LogP contribution is -2.41. The zero-order valence-corrected chi connectivity index (χ0v) is 16.2. The van der Waals surface area contributed by atoms with E-state index in [9.17, 15) is 4.79 Å². The van der Waals surface area contributed by atoms with Gasteiger partial charge in [0, 0.05) is 30.3 Å². The molecule has 10 heteroatoms. The first kappa shape index (κ1) is 17.8. The van der Waals surface area contributed by atoms with Gasteiger partial charge < -0.3 is 10.2 Å². The zero-order valence-electron chi connectivity index (χ0n) is 16.2. The fraction of sp³-hybridized carbons (Fsp3) is 0.474. The van der Waals surface area contributed by atoms with E-state index in [1.54, 1.807) is 0 Å². The van der Waals surface area contributed by atoms with Crippen LogP contribution in [0.1, 0.15) is 49.3 Å². The number of anilines is 1. The quantitative estimate of drug-likeness (QED) is 0.703. The third kappa shape index (κ3) is 3.69. The van der Waals surface area contributed by atoms with E-state index < -0.39 is 0 Å². The molecular weight excluding hydrogens is 370 g/mol. The summed E-state index contributed by atoms with van der Waals surface area (Å²) in [6.45, 7) is 3.24. The molecule has 1 atom stereocenters. The number of nitrogens with zero attached hydrogens (tertiary/aromatic N) is 7. The second-order valence-electron chi connectivity index (χ2n) is 7.75. The summed E-state index contributed by atoms with van der Waals surface area (Å²) in [6, 6.07) is 7.97. The smallest absolute Gasteiger partial charge is 0.321 e. The van der Waals surface area contributed by atoms with Crippen molar-refractivity contribution in [3.8, 4) is 11.4 Å². The molecule has 150 valence electrons. The van der Waals surface area contributed by atoms with Crippen LogP contribution in [-0.4, -0.2) is 59.4 Å². The van der Waals surface area contributed by atoms with E-state index in [2.05, 4.69) is 36.0 Å². The first-order chi connectivity index (χ1) is 14.2. The molecule has 1 aromatic carbocycles. The Morgan fingerprint density at radius 1 is 1.21 bits per heavy atom. The maximum atomic E-state index is 12.7. The van der Waals surface area contributed by atoms with Gasteiger partial charge in [-0.3, -0.25) is 5.10 Å². The van der Waals surface area contributed by atoms with Crippen LogP contribution in [0.4, 0.5) is 10.5 Å². The molecule has 29 heavy (non-hydrogen) atoms. The summed E-state index contributed by atoms with van der Waals surface area (Å²) < 4.78 is 1.88. The van der Waals surface area contributed by atoms with Gasteiger partial charge >= 0.3 is 6.03 Å². The normalized spacial score (nSPS) is 19.3. The minimum absolute atomic E-state index is 0.0995. The standard InChI is InChI=1S/C19H23N9O/c1-12-20-17(23-22-12)14-3-2-10-27(11-14)19(29)21-15-6-4-13(5-7-15)18-24-25-26-28(18)16-8-9-16/h4-7,14,16H,2-3,8-11H2,1H3,(H,21,29)(H,20,22,23)/t14-/m0/s1.